The molecule has 7 nitrogen and oxygen atoms in total. The molecular formula is C19H17Cl2F2N5O2. The van der Waals surface area contributed by atoms with Crippen molar-refractivity contribution >= 4 is 51.6 Å². The van der Waals surface area contributed by atoms with E-state index in [1.54, 1.807) is 12.1 Å². The fourth-order valence-corrected chi connectivity index (χ4v) is 3.22. The van der Waals surface area contributed by atoms with Crippen molar-refractivity contribution in [1.82, 2.24) is 15.0 Å². The van der Waals surface area contributed by atoms with E-state index in [9.17, 15) is 13.6 Å². The first kappa shape index (κ1) is 21.9. The first-order valence-corrected chi connectivity index (χ1v) is 9.56. The molecule has 3 aromatic rings. The van der Waals surface area contributed by atoms with Crippen LogP contribution in [0.25, 0.3) is 11.0 Å². The lowest BCUT2D eigenvalue weighted by Gasteiger charge is -2.17. The van der Waals surface area contributed by atoms with Gasteiger partial charge in [0.15, 0.2) is 0 Å². The van der Waals surface area contributed by atoms with Gasteiger partial charge >= 0.3 is 12.6 Å². The van der Waals surface area contributed by atoms with Crippen LogP contribution in [-0.4, -0.2) is 27.6 Å². The molecule has 0 unspecified atom stereocenters. The zero-order chi connectivity index (χ0) is 22.0. The standard InChI is InChI=1S/C19H17Cl2F2N5O2/c1-8(2)15-13(7-24-11-4-5-14(21)28-16(11)15)27-19(29)26-12-6-10(20)17(25-9(12)3)30-18(22)23/h4-8,18H,1-3H3,(H2,26,27,29). The largest absolute Gasteiger partial charge is 0.415 e. The summed E-state index contributed by atoms with van der Waals surface area (Å²) >= 11 is 11.9. The minimum atomic E-state index is -3.06. The van der Waals surface area contributed by atoms with Gasteiger partial charge in [-0.15, -0.1) is 0 Å². The Kier molecular flexibility index (Phi) is 6.52. The summed E-state index contributed by atoms with van der Waals surface area (Å²) in [5.74, 6) is -0.403. The Balaban J connectivity index is 1.87. The number of halogens is 4. The molecule has 0 atom stereocenters. The SMILES string of the molecule is Cc1nc(OC(F)F)c(Cl)cc1NC(=O)Nc1cnc2ccc(Cl)nc2c1C(C)C. The number of carbonyl (C=O) groups excluding carboxylic acids is 1. The van der Waals surface area contributed by atoms with Gasteiger partial charge < -0.3 is 15.4 Å². The van der Waals surface area contributed by atoms with E-state index in [0.29, 0.717) is 21.9 Å². The molecular weight excluding hydrogens is 439 g/mol. The van der Waals surface area contributed by atoms with Crippen LogP contribution in [0.15, 0.2) is 24.4 Å². The van der Waals surface area contributed by atoms with E-state index in [0.717, 1.165) is 5.56 Å². The molecule has 0 spiro atoms. The number of fused-ring (bicyclic) bond motifs is 1. The highest BCUT2D eigenvalue weighted by molar-refractivity contribution is 6.32. The molecule has 0 aliphatic carbocycles. The van der Waals surface area contributed by atoms with Crippen LogP contribution in [0.3, 0.4) is 0 Å². The van der Waals surface area contributed by atoms with Crippen LogP contribution in [0.5, 0.6) is 5.88 Å². The minimum Gasteiger partial charge on any atom is -0.415 e. The first-order valence-electron chi connectivity index (χ1n) is 8.80. The lowest BCUT2D eigenvalue weighted by Crippen LogP contribution is -2.21. The quantitative estimate of drug-likeness (QED) is 0.459. The molecule has 30 heavy (non-hydrogen) atoms. The average Bonchev–Trinajstić information content (AvgIpc) is 2.64. The third-order valence-corrected chi connectivity index (χ3v) is 4.61. The molecule has 3 rings (SSSR count). The summed E-state index contributed by atoms with van der Waals surface area (Å²) in [4.78, 5) is 25.1. The maximum atomic E-state index is 12.6. The zero-order valence-electron chi connectivity index (χ0n) is 16.1. The molecule has 158 valence electrons. The van der Waals surface area contributed by atoms with Gasteiger partial charge in [-0.3, -0.25) is 4.98 Å². The van der Waals surface area contributed by atoms with Crippen molar-refractivity contribution in [3.8, 4) is 5.88 Å². The molecule has 2 amide bonds. The number of ether oxygens (including phenoxy) is 1. The van der Waals surface area contributed by atoms with Crippen molar-refractivity contribution < 1.29 is 18.3 Å². The lowest BCUT2D eigenvalue weighted by atomic mass is 10.0. The number of amides is 2. The topological polar surface area (TPSA) is 89.0 Å². The average molecular weight is 456 g/mol. The number of nitrogens with zero attached hydrogens (tertiary/aromatic N) is 3. The highest BCUT2D eigenvalue weighted by Gasteiger charge is 2.18. The van der Waals surface area contributed by atoms with E-state index in [1.165, 1.54) is 19.2 Å². The summed E-state index contributed by atoms with van der Waals surface area (Å²) in [6, 6.07) is 4.08. The van der Waals surface area contributed by atoms with Crippen LogP contribution in [0.2, 0.25) is 10.2 Å². The van der Waals surface area contributed by atoms with E-state index in [2.05, 4.69) is 30.3 Å². The summed E-state index contributed by atoms with van der Waals surface area (Å²) < 4.78 is 29.1. The van der Waals surface area contributed by atoms with Gasteiger partial charge in [-0.25, -0.2) is 14.8 Å². The summed E-state index contributed by atoms with van der Waals surface area (Å²) in [5.41, 5.74) is 2.95. The third-order valence-electron chi connectivity index (χ3n) is 4.13. The number of hydrogen-bond acceptors (Lipinski definition) is 5. The van der Waals surface area contributed by atoms with Crippen molar-refractivity contribution in [2.24, 2.45) is 0 Å². The molecule has 0 fully saturated rings. The molecule has 0 aliphatic rings. The normalized spacial score (nSPS) is 11.2. The highest BCUT2D eigenvalue weighted by Crippen LogP contribution is 2.32. The second kappa shape index (κ2) is 8.93. The van der Waals surface area contributed by atoms with Crippen LogP contribution in [0.1, 0.15) is 31.0 Å². The number of hydrogen-bond donors (Lipinski definition) is 2. The van der Waals surface area contributed by atoms with Gasteiger partial charge in [0.2, 0.25) is 5.88 Å². The maximum absolute atomic E-state index is 12.6. The molecule has 0 bridgehead atoms. The van der Waals surface area contributed by atoms with Crippen LogP contribution in [0.4, 0.5) is 25.0 Å². The van der Waals surface area contributed by atoms with E-state index in [1.807, 2.05) is 13.8 Å². The number of alkyl halides is 2. The predicted molar refractivity (Wildman–Crippen MR) is 112 cm³/mol. The Bertz CT molecular complexity index is 1110. The first-order chi connectivity index (χ1) is 14.2. The van der Waals surface area contributed by atoms with Crippen LogP contribution in [0, 0.1) is 6.92 Å². The van der Waals surface area contributed by atoms with Crippen LogP contribution in [-0.2, 0) is 0 Å². The van der Waals surface area contributed by atoms with E-state index in [4.69, 9.17) is 23.2 Å². The minimum absolute atomic E-state index is 0.0143. The van der Waals surface area contributed by atoms with Crippen molar-refractivity contribution in [1.29, 1.82) is 0 Å². The Morgan fingerprint density at radius 1 is 1.13 bits per heavy atom. The number of nitrogens with one attached hydrogen (secondary N) is 2. The monoisotopic (exact) mass is 455 g/mol. The Hall–Kier alpha value is -2.78. The number of pyridine rings is 3. The Morgan fingerprint density at radius 3 is 2.50 bits per heavy atom. The summed E-state index contributed by atoms with van der Waals surface area (Å²) in [5, 5.41) is 5.47. The smallest absolute Gasteiger partial charge is 0.388 e. The molecule has 3 aromatic heterocycles. The highest BCUT2D eigenvalue weighted by atomic mass is 35.5. The van der Waals surface area contributed by atoms with Crippen molar-refractivity contribution in [2.45, 2.75) is 33.3 Å². The van der Waals surface area contributed by atoms with Gasteiger partial charge in [0.1, 0.15) is 10.2 Å². The van der Waals surface area contributed by atoms with Gasteiger partial charge in [0, 0.05) is 5.56 Å². The molecule has 0 aromatic carbocycles. The fraction of sp³-hybridized carbons (Fsp3) is 0.263. The Morgan fingerprint density at radius 2 is 1.83 bits per heavy atom. The molecule has 11 heteroatoms. The van der Waals surface area contributed by atoms with Gasteiger partial charge in [-0.1, -0.05) is 37.0 Å². The maximum Gasteiger partial charge on any atom is 0.388 e. The summed E-state index contributed by atoms with van der Waals surface area (Å²) in [6.07, 6.45) is 1.53. The predicted octanol–water partition coefficient (Wildman–Crippen LogP) is 6.01. The van der Waals surface area contributed by atoms with Gasteiger partial charge in [-0.05, 0) is 31.0 Å². The number of aryl methyl sites for hydroxylation is 1. The van der Waals surface area contributed by atoms with E-state index in [-0.39, 0.29) is 22.3 Å². The third kappa shape index (κ3) is 4.85. The van der Waals surface area contributed by atoms with Crippen LogP contribution < -0.4 is 15.4 Å². The summed E-state index contributed by atoms with van der Waals surface area (Å²) in [7, 11) is 0. The van der Waals surface area contributed by atoms with E-state index < -0.39 is 18.5 Å². The molecule has 0 saturated heterocycles. The van der Waals surface area contributed by atoms with Gasteiger partial charge in [-0.2, -0.15) is 8.78 Å². The summed E-state index contributed by atoms with van der Waals surface area (Å²) in [6.45, 7) is 2.37. The fourth-order valence-electron chi connectivity index (χ4n) is 2.87. The zero-order valence-corrected chi connectivity index (χ0v) is 17.6. The Labute approximate surface area is 180 Å². The number of aromatic nitrogens is 3. The second-order valence-electron chi connectivity index (χ2n) is 6.61. The van der Waals surface area contributed by atoms with Gasteiger partial charge in [0.05, 0.1) is 34.3 Å². The van der Waals surface area contributed by atoms with Crippen molar-refractivity contribution in [3.63, 3.8) is 0 Å². The molecule has 2 N–H and O–H groups in total. The number of urea groups is 1. The number of rotatable bonds is 5. The second-order valence-corrected chi connectivity index (χ2v) is 7.40. The molecule has 3 heterocycles. The molecule has 0 aliphatic heterocycles. The lowest BCUT2D eigenvalue weighted by molar-refractivity contribution is -0.0528. The van der Waals surface area contributed by atoms with E-state index >= 15 is 0 Å². The van der Waals surface area contributed by atoms with Crippen molar-refractivity contribution in [2.75, 3.05) is 10.6 Å². The molecule has 0 radical (unpaired) electrons. The number of anilines is 2. The number of carbonyl (C=O) groups is 1. The van der Waals surface area contributed by atoms with Crippen molar-refractivity contribution in [3.05, 3.63) is 45.8 Å². The van der Waals surface area contributed by atoms with Gasteiger partial charge in [0.25, 0.3) is 0 Å². The van der Waals surface area contributed by atoms with Crippen LogP contribution >= 0.6 is 23.2 Å². The molecule has 0 saturated carbocycles.